The van der Waals surface area contributed by atoms with E-state index >= 15 is 0 Å². The monoisotopic (exact) mass is 442 g/mol. The summed E-state index contributed by atoms with van der Waals surface area (Å²) in [7, 11) is 0. The Balaban J connectivity index is 1.28. The Labute approximate surface area is 189 Å². The first-order valence-electron chi connectivity index (χ1n) is 11.1. The van der Waals surface area contributed by atoms with Crippen LogP contribution in [0.1, 0.15) is 30.4 Å². The quantitative estimate of drug-likeness (QED) is 0.480. The van der Waals surface area contributed by atoms with Gasteiger partial charge in [-0.2, -0.15) is 0 Å². The van der Waals surface area contributed by atoms with Gasteiger partial charge in [-0.3, -0.25) is 29.3 Å². The lowest BCUT2D eigenvalue weighted by Crippen LogP contribution is -2.38. The van der Waals surface area contributed by atoms with Gasteiger partial charge in [0.25, 0.3) is 0 Å². The molecule has 1 aliphatic heterocycles. The van der Waals surface area contributed by atoms with Gasteiger partial charge >= 0.3 is 0 Å². The lowest BCUT2D eigenvalue weighted by Gasteiger charge is -2.26. The maximum absolute atomic E-state index is 13.4. The molecule has 8 nitrogen and oxygen atoms in total. The molecule has 5 atom stereocenters. The van der Waals surface area contributed by atoms with Crippen molar-refractivity contribution < 1.29 is 18.8 Å². The van der Waals surface area contributed by atoms with Crippen molar-refractivity contribution >= 4 is 34.4 Å². The van der Waals surface area contributed by atoms with Crippen molar-refractivity contribution in [2.24, 2.45) is 23.7 Å². The first-order chi connectivity index (χ1) is 16.0. The molecule has 3 amide bonds. The maximum atomic E-state index is 13.4. The molecular formula is C25H22N4O4. The molecular weight excluding hydrogens is 420 g/mol. The van der Waals surface area contributed by atoms with E-state index in [-0.39, 0.29) is 47.8 Å². The van der Waals surface area contributed by atoms with Crippen molar-refractivity contribution in [2.75, 3.05) is 5.32 Å². The lowest BCUT2D eigenvalue weighted by atomic mass is 9.85. The molecule has 166 valence electrons. The highest BCUT2D eigenvalue weighted by Gasteiger charge is 2.60. The average Bonchev–Trinajstić information content (AvgIpc) is 3.57. The van der Waals surface area contributed by atoms with Crippen LogP contribution in [-0.2, 0) is 14.4 Å². The molecule has 5 unspecified atom stereocenters. The van der Waals surface area contributed by atoms with E-state index in [1.54, 1.807) is 49.6 Å². The predicted octanol–water partition coefficient (Wildman–Crippen LogP) is 3.41. The number of likely N-dealkylation sites (tertiary alicyclic amines) is 1. The number of aryl methyl sites for hydroxylation is 1. The number of rotatable bonds is 5. The van der Waals surface area contributed by atoms with E-state index in [1.807, 2.05) is 0 Å². The van der Waals surface area contributed by atoms with Crippen LogP contribution in [0.15, 0.2) is 59.3 Å². The summed E-state index contributed by atoms with van der Waals surface area (Å²) >= 11 is 0. The van der Waals surface area contributed by atoms with Crippen LogP contribution in [0.25, 0.3) is 11.0 Å². The molecule has 3 aliphatic rings. The molecule has 2 aliphatic carbocycles. The van der Waals surface area contributed by atoms with Crippen molar-refractivity contribution in [1.82, 2.24) is 14.9 Å². The first kappa shape index (κ1) is 19.8. The van der Waals surface area contributed by atoms with Crippen molar-refractivity contribution in [1.29, 1.82) is 0 Å². The highest BCUT2D eigenvalue weighted by atomic mass is 16.3. The number of benzene rings is 1. The number of anilines is 1. The van der Waals surface area contributed by atoms with Gasteiger partial charge in [-0.05, 0) is 55.5 Å². The molecule has 6 rings (SSSR count). The fourth-order valence-corrected chi connectivity index (χ4v) is 5.61. The van der Waals surface area contributed by atoms with E-state index in [0.29, 0.717) is 22.7 Å². The van der Waals surface area contributed by atoms with E-state index < -0.39 is 6.04 Å². The third-order valence-corrected chi connectivity index (χ3v) is 7.04. The Morgan fingerprint density at radius 2 is 1.76 bits per heavy atom. The van der Waals surface area contributed by atoms with Crippen LogP contribution in [0.5, 0.6) is 0 Å². The summed E-state index contributed by atoms with van der Waals surface area (Å²) in [5.74, 6) is -0.0683. The van der Waals surface area contributed by atoms with E-state index in [4.69, 9.17) is 4.42 Å². The minimum Gasteiger partial charge on any atom is -0.464 e. The Hall–Kier alpha value is -3.81. The minimum atomic E-state index is -0.788. The van der Waals surface area contributed by atoms with E-state index in [2.05, 4.69) is 27.4 Å². The number of nitrogens with one attached hydrogen (secondary N) is 1. The SMILES string of the molecule is Cc1ccc(C(CC(=O)Nc2ccc3nccnc3c2)N2C(=O)C3C4C=CC(C4)C3C2=O)o1. The smallest absolute Gasteiger partial charge is 0.234 e. The van der Waals surface area contributed by atoms with Crippen LogP contribution >= 0.6 is 0 Å². The van der Waals surface area contributed by atoms with Crippen LogP contribution in [0, 0.1) is 30.6 Å². The maximum Gasteiger partial charge on any atom is 0.234 e. The summed E-state index contributed by atoms with van der Waals surface area (Å²) < 4.78 is 5.79. The fraction of sp³-hybridized carbons (Fsp3) is 0.320. The third kappa shape index (κ3) is 3.16. The van der Waals surface area contributed by atoms with Gasteiger partial charge in [0, 0.05) is 18.1 Å². The van der Waals surface area contributed by atoms with Crippen LogP contribution < -0.4 is 5.32 Å². The summed E-state index contributed by atoms with van der Waals surface area (Å²) in [6.45, 7) is 1.79. The number of aromatic nitrogens is 2. The zero-order chi connectivity index (χ0) is 22.7. The highest BCUT2D eigenvalue weighted by Crippen LogP contribution is 2.54. The molecule has 8 heteroatoms. The van der Waals surface area contributed by atoms with Gasteiger partial charge in [-0.25, -0.2) is 0 Å². The fourth-order valence-electron chi connectivity index (χ4n) is 5.61. The van der Waals surface area contributed by atoms with Crippen molar-refractivity contribution in [2.45, 2.75) is 25.8 Å². The van der Waals surface area contributed by atoms with Crippen LogP contribution in [0.2, 0.25) is 0 Å². The van der Waals surface area contributed by atoms with Crippen molar-refractivity contribution in [3.05, 3.63) is 66.4 Å². The number of allylic oxidation sites excluding steroid dienone is 2. The van der Waals surface area contributed by atoms with Crippen molar-refractivity contribution in [3.8, 4) is 0 Å². The molecule has 3 aromatic rings. The number of hydrogen-bond donors (Lipinski definition) is 1. The second-order valence-electron chi connectivity index (χ2n) is 9.02. The molecule has 2 fully saturated rings. The van der Waals surface area contributed by atoms with Crippen LogP contribution in [0.4, 0.5) is 5.69 Å². The summed E-state index contributed by atoms with van der Waals surface area (Å²) in [6, 6.07) is 8.00. The molecule has 1 aromatic carbocycles. The minimum absolute atomic E-state index is 0.0921. The van der Waals surface area contributed by atoms with Gasteiger partial charge < -0.3 is 9.73 Å². The van der Waals surface area contributed by atoms with E-state index in [9.17, 15) is 14.4 Å². The Kier molecular flexibility index (Phi) is 4.43. The number of furan rings is 1. The Bertz CT molecular complexity index is 1300. The summed E-state index contributed by atoms with van der Waals surface area (Å²) in [5.41, 5.74) is 1.96. The van der Waals surface area contributed by atoms with Gasteiger partial charge in [-0.15, -0.1) is 0 Å². The largest absolute Gasteiger partial charge is 0.464 e. The third-order valence-electron chi connectivity index (χ3n) is 7.04. The second kappa shape index (κ2) is 7.37. The zero-order valence-electron chi connectivity index (χ0n) is 18.0. The molecule has 1 saturated heterocycles. The topological polar surface area (TPSA) is 105 Å². The molecule has 1 N–H and O–H groups in total. The Morgan fingerprint density at radius 3 is 2.42 bits per heavy atom. The molecule has 0 radical (unpaired) electrons. The van der Waals surface area contributed by atoms with Gasteiger partial charge in [0.15, 0.2) is 0 Å². The lowest BCUT2D eigenvalue weighted by molar-refractivity contribution is -0.144. The molecule has 33 heavy (non-hydrogen) atoms. The summed E-state index contributed by atoms with van der Waals surface area (Å²) in [5, 5.41) is 2.86. The molecule has 2 bridgehead atoms. The van der Waals surface area contributed by atoms with Crippen molar-refractivity contribution in [3.63, 3.8) is 0 Å². The number of amides is 3. The predicted molar refractivity (Wildman–Crippen MR) is 119 cm³/mol. The van der Waals surface area contributed by atoms with E-state index in [1.165, 1.54) is 4.90 Å². The number of hydrogen-bond acceptors (Lipinski definition) is 6. The summed E-state index contributed by atoms with van der Waals surface area (Å²) in [6.07, 6.45) is 8.08. The highest BCUT2D eigenvalue weighted by molar-refractivity contribution is 6.07. The number of fused-ring (bicyclic) bond motifs is 6. The number of carbonyl (C=O) groups excluding carboxylic acids is 3. The number of imide groups is 1. The van der Waals surface area contributed by atoms with E-state index in [0.717, 1.165) is 11.9 Å². The van der Waals surface area contributed by atoms with Gasteiger partial charge in [0.2, 0.25) is 17.7 Å². The van der Waals surface area contributed by atoms with Gasteiger partial charge in [0.05, 0.1) is 29.3 Å². The van der Waals surface area contributed by atoms with Gasteiger partial charge in [0.1, 0.15) is 17.6 Å². The average molecular weight is 442 g/mol. The molecule has 0 spiro atoms. The first-order valence-corrected chi connectivity index (χ1v) is 11.1. The van der Waals surface area contributed by atoms with Crippen LogP contribution in [-0.4, -0.2) is 32.6 Å². The van der Waals surface area contributed by atoms with Crippen LogP contribution in [0.3, 0.4) is 0 Å². The Morgan fingerprint density at radius 1 is 1.06 bits per heavy atom. The number of carbonyl (C=O) groups is 3. The zero-order valence-corrected chi connectivity index (χ0v) is 18.0. The molecule has 1 saturated carbocycles. The van der Waals surface area contributed by atoms with Gasteiger partial charge in [-0.1, -0.05) is 12.2 Å². The molecule has 2 aromatic heterocycles. The standard InChI is InChI=1S/C25H22N4O4/c1-13-2-7-20(33-13)19(29-24(31)22-14-3-4-15(10-14)23(22)25(29)32)12-21(30)28-16-5-6-17-18(11-16)27-9-8-26-17/h2-9,11,14-15,19,22-23H,10,12H2,1H3,(H,28,30). The summed E-state index contributed by atoms with van der Waals surface area (Å²) in [4.78, 5) is 49.6. The normalized spacial score (nSPS) is 26.3. The second-order valence-corrected chi connectivity index (χ2v) is 9.02. The number of nitrogens with zero attached hydrogens (tertiary/aromatic N) is 3. The molecule has 3 heterocycles.